The quantitative estimate of drug-likeness (QED) is 0.888. The van der Waals surface area contributed by atoms with Crippen LogP contribution in [0.3, 0.4) is 0 Å². The molecule has 0 bridgehead atoms. The zero-order chi connectivity index (χ0) is 13.0. The predicted octanol–water partition coefficient (Wildman–Crippen LogP) is 3.41. The molecule has 0 saturated heterocycles. The highest BCUT2D eigenvalue weighted by atomic mass is 16.5. The van der Waals surface area contributed by atoms with Crippen molar-refractivity contribution >= 4 is 5.97 Å². The van der Waals surface area contributed by atoms with E-state index in [9.17, 15) is 4.79 Å². The molecule has 1 aromatic carbocycles. The lowest BCUT2D eigenvalue weighted by Crippen LogP contribution is -2.25. The van der Waals surface area contributed by atoms with Gasteiger partial charge in [-0.3, -0.25) is 4.79 Å². The van der Waals surface area contributed by atoms with Crippen LogP contribution in [0.15, 0.2) is 24.3 Å². The summed E-state index contributed by atoms with van der Waals surface area (Å²) in [6, 6.07) is 8.09. The second-order valence-electron chi connectivity index (χ2n) is 5.17. The molecular weight excluding hydrogens is 228 g/mol. The zero-order valence-electron chi connectivity index (χ0n) is 10.8. The second kappa shape index (κ2) is 5.89. The molecule has 2 rings (SSSR count). The van der Waals surface area contributed by atoms with Gasteiger partial charge in [-0.15, -0.1) is 0 Å². The van der Waals surface area contributed by atoms with Crippen LogP contribution in [0.1, 0.15) is 37.7 Å². The van der Waals surface area contributed by atoms with Crippen molar-refractivity contribution in [2.45, 2.75) is 45.1 Å². The van der Waals surface area contributed by atoms with Crippen LogP contribution in [0.25, 0.3) is 0 Å². The molecule has 1 aliphatic carbocycles. The summed E-state index contributed by atoms with van der Waals surface area (Å²) in [4.78, 5) is 10.6. The Bertz CT molecular complexity index is 389. The Hall–Kier alpha value is -1.51. The van der Waals surface area contributed by atoms with E-state index < -0.39 is 5.97 Å². The fourth-order valence-electron chi connectivity index (χ4n) is 2.51. The van der Waals surface area contributed by atoms with Gasteiger partial charge in [-0.05, 0) is 50.7 Å². The van der Waals surface area contributed by atoms with Crippen LogP contribution in [0.2, 0.25) is 0 Å². The lowest BCUT2D eigenvalue weighted by atomic mass is 9.85. The Kier molecular flexibility index (Phi) is 4.24. The van der Waals surface area contributed by atoms with E-state index in [4.69, 9.17) is 9.84 Å². The molecule has 0 spiro atoms. The summed E-state index contributed by atoms with van der Waals surface area (Å²) in [6.07, 6.45) is 4.40. The number of carbonyl (C=O) groups is 1. The van der Waals surface area contributed by atoms with Crippen molar-refractivity contribution in [2.75, 3.05) is 0 Å². The van der Waals surface area contributed by atoms with Crippen molar-refractivity contribution in [3.8, 4) is 5.75 Å². The van der Waals surface area contributed by atoms with Crippen molar-refractivity contribution < 1.29 is 14.6 Å². The fourth-order valence-corrected chi connectivity index (χ4v) is 2.51. The van der Waals surface area contributed by atoms with Crippen LogP contribution in [0.4, 0.5) is 0 Å². The molecule has 3 heteroatoms. The maximum Gasteiger partial charge on any atom is 0.303 e. The molecule has 1 fully saturated rings. The molecule has 18 heavy (non-hydrogen) atoms. The van der Waals surface area contributed by atoms with E-state index in [-0.39, 0.29) is 6.10 Å². The smallest absolute Gasteiger partial charge is 0.303 e. The predicted molar refractivity (Wildman–Crippen MR) is 69.8 cm³/mol. The highest BCUT2D eigenvalue weighted by molar-refractivity contribution is 5.67. The maximum atomic E-state index is 10.6. The minimum atomic E-state index is -0.682. The molecule has 0 amide bonds. The summed E-state index contributed by atoms with van der Waals surface area (Å²) >= 11 is 0. The van der Waals surface area contributed by atoms with Crippen LogP contribution in [-0.2, 0) is 4.79 Å². The first-order chi connectivity index (χ1) is 8.63. The normalized spacial score (nSPS) is 23.6. The number of hydrogen-bond acceptors (Lipinski definition) is 2. The Balaban J connectivity index is 1.79. The number of hydrogen-bond donors (Lipinski definition) is 1. The molecule has 0 atom stereocenters. The SMILES string of the molecule is Cc1ccc(OC2CCC(CC(=O)O)CC2)cc1. The fraction of sp³-hybridized carbons (Fsp3) is 0.533. The number of benzene rings is 1. The number of carboxylic acid groups (broad SMARTS) is 1. The average molecular weight is 248 g/mol. The monoisotopic (exact) mass is 248 g/mol. The third-order valence-electron chi connectivity index (χ3n) is 3.58. The molecule has 1 N–H and O–H groups in total. The van der Waals surface area contributed by atoms with Gasteiger partial charge in [0.2, 0.25) is 0 Å². The van der Waals surface area contributed by atoms with Gasteiger partial charge in [0.1, 0.15) is 5.75 Å². The zero-order valence-corrected chi connectivity index (χ0v) is 10.8. The summed E-state index contributed by atoms with van der Waals surface area (Å²) in [5, 5.41) is 8.76. The molecule has 0 unspecified atom stereocenters. The highest BCUT2D eigenvalue weighted by Gasteiger charge is 2.23. The van der Waals surface area contributed by atoms with Gasteiger partial charge in [0.15, 0.2) is 0 Å². The van der Waals surface area contributed by atoms with Crippen molar-refractivity contribution in [3.05, 3.63) is 29.8 Å². The van der Waals surface area contributed by atoms with Crippen LogP contribution < -0.4 is 4.74 Å². The molecule has 1 aliphatic rings. The largest absolute Gasteiger partial charge is 0.490 e. The van der Waals surface area contributed by atoms with E-state index in [1.807, 2.05) is 24.3 Å². The van der Waals surface area contributed by atoms with Gasteiger partial charge in [-0.2, -0.15) is 0 Å². The first-order valence-corrected chi connectivity index (χ1v) is 6.58. The number of aliphatic carboxylic acids is 1. The Morgan fingerprint density at radius 3 is 2.39 bits per heavy atom. The van der Waals surface area contributed by atoms with E-state index in [0.717, 1.165) is 31.4 Å². The van der Waals surface area contributed by atoms with E-state index in [0.29, 0.717) is 12.3 Å². The van der Waals surface area contributed by atoms with Gasteiger partial charge < -0.3 is 9.84 Å². The van der Waals surface area contributed by atoms with Crippen molar-refractivity contribution in [1.82, 2.24) is 0 Å². The molecule has 3 nitrogen and oxygen atoms in total. The standard InChI is InChI=1S/C15H20O3/c1-11-2-6-13(7-3-11)18-14-8-4-12(5-9-14)10-15(16)17/h2-3,6-7,12,14H,4-5,8-10H2,1H3,(H,16,17). The summed E-state index contributed by atoms with van der Waals surface area (Å²) in [5.74, 6) is 0.570. The molecule has 1 aromatic rings. The van der Waals surface area contributed by atoms with E-state index >= 15 is 0 Å². The molecule has 0 heterocycles. The summed E-state index contributed by atoms with van der Waals surface area (Å²) in [5.41, 5.74) is 1.23. The van der Waals surface area contributed by atoms with Crippen LogP contribution in [-0.4, -0.2) is 17.2 Å². The van der Waals surface area contributed by atoms with Crippen LogP contribution >= 0.6 is 0 Å². The lowest BCUT2D eigenvalue weighted by molar-refractivity contribution is -0.138. The van der Waals surface area contributed by atoms with Crippen molar-refractivity contribution in [2.24, 2.45) is 5.92 Å². The third kappa shape index (κ3) is 3.76. The summed E-state index contributed by atoms with van der Waals surface area (Å²) in [6.45, 7) is 2.06. The Labute approximate surface area is 108 Å². The molecule has 98 valence electrons. The number of carboxylic acids is 1. The van der Waals surface area contributed by atoms with E-state index in [1.54, 1.807) is 0 Å². The van der Waals surface area contributed by atoms with E-state index in [2.05, 4.69) is 6.92 Å². The number of aryl methyl sites for hydroxylation is 1. The minimum Gasteiger partial charge on any atom is -0.490 e. The maximum absolute atomic E-state index is 10.6. The number of ether oxygens (including phenoxy) is 1. The van der Waals surface area contributed by atoms with Crippen molar-refractivity contribution in [3.63, 3.8) is 0 Å². The van der Waals surface area contributed by atoms with E-state index in [1.165, 1.54) is 5.56 Å². The summed E-state index contributed by atoms with van der Waals surface area (Å²) in [7, 11) is 0. The van der Waals surface area contributed by atoms with Crippen LogP contribution in [0, 0.1) is 12.8 Å². The second-order valence-corrected chi connectivity index (χ2v) is 5.17. The van der Waals surface area contributed by atoms with Gasteiger partial charge >= 0.3 is 5.97 Å². The number of rotatable bonds is 4. The highest BCUT2D eigenvalue weighted by Crippen LogP contribution is 2.29. The topological polar surface area (TPSA) is 46.5 Å². The average Bonchev–Trinajstić information content (AvgIpc) is 2.34. The first-order valence-electron chi connectivity index (χ1n) is 6.58. The van der Waals surface area contributed by atoms with Gasteiger partial charge in [0.05, 0.1) is 6.10 Å². The molecule has 0 radical (unpaired) electrons. The molecule has 1 saturated carbocycles. The molecule has 0 aliphatic heterocycles. The van der Waals surface area contributed by atoms with Gasteiger partial charge in [0, 0.05) is 6.42 Å². The third-order valence-corrected chi connectivity index (χ3v) is 3.58. The first kappa shape index (κ1) is 12.9. The van der Waals surface area contributed by atoms with Gasteiger partial charge in [-0.25, -0.2) is 0 Å². The molecule has 0 aromatic heterocycles. The lowest BCUT2D eigenvalue weighted by Gasteiger charge is -2.28. The van der Waals surface area contributed by atoms with Crippen molar-refractivity contribution in [1.29, 1.82) is 0 Å². The Morgan fingerprint density at radius 1 is 1.22 bits per heavy atom. The molecular formula is C15H20O3. The van der Waals surface area contributed by atoms with Gasteiger partial charge in [0.25, 0.3) is 0 Å². The Morgan fingerprint density at radius 2 is 1.83 bits per heavy atom. The minimum absolute atomic E-state index is 0.248. The summed E-state index contributed by atoms with van der Waals surface area (Å²) < 4.78 is 5.92. The van der Waals surface area contributed by atoms with Gasteiger partial charge in [-0.1, -0.05) is 17.7 Å². The van der Waals surface area contributed by atoms with Crippen LogP contribution in [0.5, 0.6) is 5.75 Å².